The number of hydrogen-bond acceptors (Lipinski definition) is 5. The topological polar surface area (TPSA) is 130 Å². The van der Waals surface area contributed by atoms with Crippen LogP contribution in [0.5, 0.6) is 11.5 Å². The zero-order valence-electron chi connectivity index (χ0n) is 14.7. The summed E-state index contributed by atoms with van der Waals surface area (Å²) in [6, 6.07) is 5.06. The maximum Gasteiger partial charge on any atom is 0.341 e. The summed E-state index contributed by atoms with van der Waals surface area (Å²) in [4.78, 5) is 33.3. The minimum atomic E-state index is -1.31. The van der Waals surface area contributed by atoms with Gasteiger partial charge in [-0.15, -0.1) is 0 Å². The molecule has 0 amide bonds. The Hall–Kier alpha value is -2.39. The molecule has 0 radical (unpaired) electrons. The number of carboxylic acids is 3. The Bertz CT molecular complexity index is 888. The summed E-state index contributed by atoms with van der Waals surface area (Å²) in [6.07, 6.45) is 0. The summed E-state index contributed by atoms with van der Waals surface area (Å²) in [7, 11) is 0. The van der Waals surface area contributed by atoms with Crippen LogP contribution in [0.15, 0.2) is 24.3 Å². The molecule has 0 spiro atoms. The average molecular weight is 498 g/mol. The second kappa shape index (κ2) is 10.1. The normalized spacial score (nSPS) is 10.7. The van der Waals surface area contributed by atoms with Crippen molar-refractivity contribution in [1.82, 2.24) is 0 Å². The highest BCUT2D eigenvalue weighted by Gasteiger charge is 2.27. The fourth-order valence-electron chi connectivity index (χ4n) is 2.51. The summed E-state index contributed by atoms with van der Waals surface area (Å²) in [5.41, 5.74) is 0.290. The number of rotatable bonds is 9. The first kappa shape index (κ1) is 23.9. The number of halogens is 4. The van der Waals surface area contributed by atoms with Crippen LogP contribution >= 0.6 is 46.4 Å². The van der Waals surface area contributed by atoms with E-state index in [4.69, 9.17) is 66.1 Å². The summed E-state index contributed by atoms with van der Waals surface area (Å²) in [6.45, 7) is -1.38. The molecular formula is C18H12Cl4O8. The van der Waals surface area contributed by atoms with Gasteiger partial charge in [-0.25, -0.2) is 9.59 Å². The molecule has 0 unspecified atom stereocenters. The first-order valence-electron chi connectivity index (χ1n) is 7.91. The van der Waals surface area contributed by atoms with Gasteiger partial charge in [0.1, 0.15) is 5.92 Å². The van der Waals surface area contributed by atoms with E-state index in [0.717, 1.165) is 0 Å². The number of ether oxygens (including phenoxy) is 2. The van der Waals surface area contributed by atoms with Crippen LogP contribution in [0.1, 0.15) is 17.0 Å². The number of carboxylic acid groups (broad SMARTS) is 3. The molecule has 2 rings (SSSR count). The van der Waals surface area contributed by atoms with Gasteiger partial charge in [0, 0.05) is 0 Å². The lowest BCUT2D eigenvalue weighted by molar-refractivity contribution is -0.140. The van der Waals surface area contributed by atoms with Crippen LogP contribution < -0.4 is 9.47 Å². The molecule has 8 nitrogen and oxygen atoms in total. The molecule has 3 N–H and O–H groups in total. The molecule has 0 aromatic heterocycles. The SMILES string of the molecule is O=C(O)COc1c(Cl)cc(C(C(=O)O)c2cc(Cl)c(OCC(=O)O)c(Cl)c2)cc1Cl. The Balaban J connectivity index is 2.47. The predicted octanol–water partition coefficient (Wildman–Crippen LogP) is 4.44. The van der Waals surface area contributed by atoms with E-state index in [-0.39, 0.29) is 42.7 Å². The zero-order valence-corrected chi connectivity index (χ0v) is 17.7. The Morgan fingerprint density at radius 3 is 1.23 bits per heavy atom. The third-order valence-electron chi connectivity index (χ3n) is 3.63. The quantitative estimate of drug-likeness (QED) is 0.463. The summed E-state index contributed by atoms with van der Waals surface area (Å²) in [5.74, 6) is -5.30. The first-order chi connectivity index (χ1) is 14.0. The van der Waals surface area contributed by atoms with Crippen LogP contribution in [0.3, 0.4) is 0 Å². The molecule has 0 bridgehead atoms. The standard InChI is InChI=1S/C18H12Cl4O8/c19-9-1-7(2-10(20)16(9)29-5-13(23)24)15(18(27)28)8-3-11(21)17(12(22)4-8)30-6-14(25)26/h1-4,15H,5-6H2,(H,23,24)(H,25,26)(H,27,28). The van der Waals surface area contributed by atoms with Crippen LogP contribution in [-0.4, -0.2) is 46.4 Å². The molecule has 0 saturated heterocycles. The van der Waals surface area contributed by atoms with Crippen LogP contribution in [0.4, 0.5) is 0 Å². The third kappa shape index (κ3) is 5.82. The molecule has 0 aliphatic heterocycles. The average Bonchev–Trinajstić information content (AvgIpc) is 2.59. The van der Waals surface area contributed by atoms with E-state index >= 15 is 0 Å². The molecule has 160 valence electrons. The van der Waals surface area contributed by atoms with Crippen LogP contribution in [0.25, 0.3) is 0 Å². The second-order valence-corrected chi connectivity index (χ2v) is 7.39. The van der Waals surface area contributed by atoms with E-state index < -0.39 is 37.0 Å². The number of carbonyl (C=O) groups is 3. The second-order valence-electron chi connectivity index (χ2n) is 5.76. The highest BCUT2D eigenvalue weighted by atomic mass is 35.5. The minimum Gasteiger partial charge on any atom is -0.481 e. The Morgan fingerprint density at radius 2 is 1.00 bits per heavy atom. The van der Waals surface area contributed by atoms with Crippen LogP contribution in [0.2, 0.25) is 20.1 Å². The highest BCUT2D eigenvalue weighted by molar-refractivity contribution is 6.38. The summed E-state index contributed by atoms with van der Waals surface area (Å²) in [5, 5.41) is 26.8. The fourth-order valence-corrected chi connectivity index (χ4v) is 3.74. The van der Waals surface area contributed by atoms with Crippen molar-refractivity contribution in [2.24, 2.45) is 0 Å². The predicted molar refractivity (Wildman–Crippen MR) is 109 cm³/mol. The van der Waals surface area contributed by atoms with Crippen molar-refractivity contribution in [1.29, 1.82) is 0 Å². The monoisotopic (exact) mass is 496 g/mol. The summed E-state index contributed by atoms with van der Waals surface area (Å²) < 4.78 is 10.0. The molecule has 0 aliphatic carbocycles. The van der Waals surface area contributed by atoms with Gasteiger partial charge in [0.25, 0.3) is 0 Å². The van der Waals surface area contributed by atoms with Gasteiger partial charge in [0.2, 0.25) is 0 Å². The van der Waals surface area contributed by atoms with E-state index in [1.807, 2.05) is 0 Å². The molecule has 0 heterocycles. The van der Waals surface area contributed by atoms with Crippen molar-refractivity contribution in [2.75, 3.05) is 13.2 Å². The van der Waals surface area contributed by atoms with Gasteiger partial charge >= 0.3 is 17.9 Å². The van der Waals surface area contributed by atoms with E-state index in [9.17, 15) is 19.5 Å². The maximum absolute atomic E-state index is 12.0. The molecular weight excluding hydrogens is 486 g/mol. The molecule has 0 saturated carbocycles. The van der Waals surface area contributed by atoms with Gasteiger partial charge in [0.05, 0.1) is 20.1 Å². The molecule has 12 heteroatoms. The van der Waals surface area contributed by atoms with Gasteiger partial charge in [-0.1, -0.05) is 46.4 Å². The number of benzene rings is 2. The third-order valence-corrected chi connectivity index (χ3v) is 4.76. The minimum absolute atomic E-state index is 0.0939. The Morgan fingerprint density at radius 1 is 0.700 bits per heavy atom. The lowest BCUT2D eigenvalue weighted by Gasteiger charge is -2.18. The lowest BCUT2D eigenvalue weighted by Crippen LogP contribution is -2.15. The van der Waals surface area contributed by atoms with Crippen LogP contribution in [0, 0.1) is 0 Å². The molecule has 0 fully saturated rings. The fraction of sp³-hybridized carbons (Fsp3) is 0.167. The van der Waals surface area contributed by atoms with Gasteiger partial charge in [-0.2, -0.15) is 0 Å². The highest BCUT2D eigenvalue weighted by Crippen LogP contribution is 2.41. The Kier molecular flexibility index (Phi) is 8.03. The van der Waals surface area contributed by atoms with Gasteiger partial charge in [-0.3, -0.25) is 4.79 Å². The summed E-state index contributed by atoms with van der Waals surface area (Å²) >= 11 is 24.4. The van der Waals surface area contributed by atoms with E-state index in [2.05, 4.69) is 0 Å². The van der Waals surface area contributed by atoms with Crippen molar-refractivity contribution in [2.45, 2.75) is 5.92 Å². The van der Waals surface area contributed by atoms with Crippen LogP contribution in [-0.2, 0) is 14.4 Å². The van der Waals surface area contributed by atoms with Crippen molar-refractivity contribution in [3.63, 3.8) is 0 Å². The molecule has 0 aliphatic rings. The molecule has 2 aromatic rings. The molecule has 30 heavy (non-hydrogen) atoms. The lowest BCUT2D eigenvalue weighted by atomic mass is 9.91. The van der Waals surface area contributed by atoms with E-state index in [1.54, 1.807) is 0 Å². The Labute approximate surface area is 189 Å². The molecule has 2 aromatic carbocycles. The van der Waals surface area contributed by atoms with Gasteiger partial charge in [0.15, 0.2) is 24.7 Å². The number of hydrogen-bond donors (Lipinski definition) is 3. The first-order valence-corrected chi connectivity index (χ1v) is 9.42. The van der Waals surface area contributed by atoms with Crippen molar-refractivity contribution < 1.29 is 39.2 Å². The largest absolute Gasteiger partial charge is 0.481 e. The number of aliphatic carboxylic acids is 3. The van der Waals surface area contributed by atoms with Crippen molar-refractivity contribution in [3.05, 3.63) is 55.5 Å². The van der Waals surface area contributed by atoms with E-state index in [0.29, 0.717) is 0 Å². The zero-order chi connectivity index (χ0) is 22.6. The van der Waals surface area contributed by atoms with Crippen molar-refractivity contribution >= 4 is 64.3 Å². The molecule has 0 atom stereocenters. The van der Waals surface area contributed by atoms with E-state index in [1.165, 1.54) is 24.3 Å². The van der Waals surface area contributed by atoms with Crippen molar-refractivity contribution in [3.8, 4) is 11.5 Å². The smallest absolute Gasteiger partial charge is 0.341 e. The van der Waals surface area contributed by atoms with Gasteiger partial charge < -0.3 is 24.8 Å². The maximum atomic E-state index is 12.0. The van der Waals surface area contributed by atoms with Gasteiger partial charge in [-0.05, 0) is 35.4 Å².